The van der Waals surface area contributed by atoms with Gasteiger partial charge in [-0.3, -0.25) is 4.79 Å². The fourth-order valence-electron chi connectivity index (χ4n) is 2.62. The molecule has 0 spiro atoms. The lowest BCUT2D eigenvalue weighted by Gasteiger charge is -2.06. The van der Waals surface area contributed by atoms with E-state index in [1.807, 2.05) is 13.8 Å². The third-order valence-corrected chi connectivity index (χ3v) is 5.51. The number of furan rings is 1. The van der Waals surface area contributed by atoms with Crippen molar-refractivity contribution in [2.75, 3.05) is 11.9 Å². The Balaban J connectivity index is 1.69. The van der Waals surface area contributed by atoms with Gasteiger partial charge in [-0.2, -0.15) is 0 Å². The van der Waals surface area contributed by atoms with E-state index < -0.39 is 11.9 Å². The summed E-state index contributed by atoms with van der Waals surface area (Å²) < 4.78 is 16.3. The van der Waals surface area contributed by atoms with Crippen LogP contribution in [-0.4, -0.2) is 18.5 Å². The summed E-state index contributed by atoms with van der Waals surface area (Å²) in [7, 11) is 0. The average Bonchev–Trinajstić information content (AvgIpc) is 3.25. The number of thiophene rings is 1. The van der Waals surface area contributed by atoms with E-state index in [4.69, 9.17) is 25.5 Å². The molecule has 0 saturated heterocycles. The summed E-state index contributed by atoms with van der Waals surface area (Å²) in [6, 6.07) is 10.2. The standard InChI is InChI=1S/C21H20ClNO5S/c1-4-26-21(25)18-12(2)13(3)29-20(18)23-19(24)17-9-8-16(28-17)11-27-15-7-5-6-14(22)10-15/h5-10H,4,11H2,1-3H3,(H,23,24). The van der Waals surface area contributed by atoms with E-state index in [1.165, 1.54) is 11.3 Å². The van der Waals surface area contributed by atoms with Crippen LogP contribution in [0.1, 0.15) is 44.0 Å². The van der Waals surface area contributed by atoms with E-state index >= 15 is 0 Å². The molecule has 152 valence electrons. The second kappa shape index (κ2) is 9.15. The molecule has 1 N–H and O–H groups in total. The fraction of sp³-hybridized carbons (Fsp3) is 0.238. The number of halogens is 1. The molecule has 3 aromatic rings. The second-order valence-electron chi connectivity index (χ2n) is 6.17. The second-order valence-corrected chi connectivity index (χ2v) is 7.84. The van der Waals surface area contributed by atoms with Crippen LogP contribution >= 0.6 is 22.9 Å². The number of ether oxygens (including phenoxy) is 2. The predicted octanol–water partition coefficient (Wildman–Crippen LogP) is 5.62. The van der Waals surface area contributed by atoms with Crippen LogP contribution in [-0.2, 0) is 11.3 Å². The van der Waals surface area contributed by atoms with E-state index in [0.717, 1.165) is 10.4 Å². The number of rotatable bonds is 7. The molecule has 29 heavy (non-hydrogen) atoms. The zero-order valence-corrected chi connectivity index (χ0v) is 17.8. The number of hydrogen-bond acceptors (Lipinski definition) is 6. The van der Waals surface area contributed by atoms with Crippen LogP contribution in [0.2, 0.25) is 5.02 Å². The van der Waals surface area contributed by atoms with Crippen molar-refractivity contribution in [1.82, 2.24) is 0 Å². The molecule has 2 aromatic heterocycles. The number of aryl methyl sites for hydroxylation is 1. The number of benzene rings is 1. The van der Waals surface area contributed by atoms with Crippen molar-refractivity contribution in [2.45, 2.75) is 27.4 Å². The van der Waals surface area contributed by atoms with E-state index in [1.54, 1.807) is 43.3 Å². The van der Waals surface area contributed by atoms with Crippen molar-refractivity contribution >= 4 is 39.8 Å². The topological polar surface area (TPSA) is 77.8 Å². The monoisotopic (exact) mass is 433 g/mol. The molecule has 0 fully saturated rings. The Bertz CT molecular complexity index is 1040. The Kier molecular flexibility index (Phi) is 6.61. The van der Waals surface area contributed by atoms with Crippen molar-refractivity contribution in [2.24, 2.45) is 0 Å². The number of hydrogen-bond donors (Lipinski definition) is 1. The zero-order valence-electron chi connectivity index (χ0n) is 16.2. The molecule has 6 nitrogen and oxygen atoms in total. The summed E-state index contributed by atoms with van der Waals surface area (Å²) in [6.07, 6.45) is 0. The molecule has 3 rings (SSSR count). The van der Waals surface area contributed by atoms with Gasteiger partial charge in [0.1, 0.15) is 23.1 Å². The summed E-state index contributed by atoms with van der Waals surface area (Å²) >= 11 is 7.25. The third-order valence-electron chi connectivity index (χ3n) is 4.15. The van der Waals surface area contributed by atoms with Gasteiger partial charge >= 0.3 is 5.97 Å². The summed E-state index contributed by atoms with van der Waals surface area (Å²) in [5, 5.41) is 3.76. The Hall–Kier alpha value is -2.77. The maximum absolute atomic E-state index is 12.6. The van der Waals surface area contributed by atoms with Gasteiger partial charge in [-0.25, -0.2) is 4.79 Å². The van der Waals surface area contributed by atoms with Gasteiger partial charge in [0.05, 0.1) is 12.2 Å². The lowest BCUT2D eigenvalue weighted by Crippen LogP contribution is -2.14. The van der Waals surface area contributed by atoms with Crippen molar-refractivity contribution in [1.29, 1.82) is 0 Å². The Labute approximate surface area is 177 Å². The van der Waals surface area contributed by atoms with Crippen LogP contribution in [0, 0.1) is 13.8 Å². The molecule has 8 heteroatoms. The molecule has 0 aliphatic heterocycles. The molecule has 0 aliphatic carbocycles. The molecule has 0 atom stereocenters. The van der Waals surface area contributed by atoms with Crippen molar-refractivity contribution in [3.05, 3.63) is 68.9 Å². The lowest BCUT2D eigenvalue weighted by atomic mass is 10.1. The molecule has 1 amide bonds. The van der Waals surface area contributed by atoms with Crippen LogP contribution in [0.15, 0.2) is 40.8 Å². The van der Waals surface area contributed by atoms with E-state index in [-0.39, 0.29) is 19.0 Å². The summed E-state index contributed by atoms with van der Waals surface area (Å²) in [5.41, 5.74) is 1.16. The van der Waals surface area contributed by atoms with Crippen molar-refractivity contribution in [3.8, 4) is 5.75 Å². The highest BCUT2D eigenvalue weighted by molar-refractivity contribution is 7.16. The number of carbonyl (C=O) groups excluding carboxylic acids is 2. The number of carbonyl (C=O) groups is 2. The zero-order chi connectivity index (χ0) is 21.0. The molecule has 2 heterocycles. The minimum absolute atomic E-state index is 0.119. The number of esters is 1. The van der Waals surface area contributed by atoms with Crippen LogP contribution in [0.4, 0.5) is 5.00 Å². The first-order valence-electron chi connectivity index (χ1n) is 8.94. The average molecular weight is 434 g/mol. The highest BCUT2D eigenvalue weighted by Crippen LogP contribution is 2.33. The number of amides is 1. The molecule has 0 unspecified atom stereocenters. The van der Waals surface area contributed by atoms with Gasteiger partial charge in [-0.05, 0) is 56.7 Å². The number of anilines is 1. The van der Waals surface area contributed by atoms with Crippen LogP contribution in [0.25, 0.3) is 0 Å². The Morgan fingerprint density at radius 1 is 1.21 bits per heavy atom. The third kappa shape index (κ3) is 4.99. The molecule has 0 radical (unpaired) electrons. The lowest BCUT2D eigenvalue weighted by molar-refractivity contribution is 0.0527. The van der Waals surface area contributed by atoms with E-state index in [9.17, 15) is 9.59 Å². The molecule has 1 aromatic carbocycles. The van der Waals surface area contributed by atoms with Gasteiger partial charge in [-0.1, -0.05) is 17.7 Å². The van der Waals surface area contributed by atoms with Gasteiger partial charge in [0, 0.05) is 9.90 Å². The minimum atomic E-state index is -0.459. The van der Waals surface area contributed by atoms with E-state index in [0.29, 0.717) is 27.1 Å². The predicted molar refractivity (Wildman–Crippen MR) is 112 cm³/mol. The molecular formula is C21H20ClNO5S. The smallest absolute Gasteiger partial charge is 0.341 e. The van der Waals surface area contributed by atoms with Gasteiger partial charge in [0.2, 0.25) is 0 Å². The molecule has 0 bridgehead atoms. The first-order chi connectivity index (χ1) is 13.9. The highest BCUT2D eigenvalue weighted by Gasteiger charge is 2.23. The van der Waals surface area contributed by atoms with Crippen LogP contribution < -0.4 is 10.1 Å². The normalized spacial score (nSPS) is 10.6. The maximum atomic E-state index is 12.6. The van der Waals surface area contributed by atoms with Gasteiger partial charge in [-0.15, -0.1) is 11.3 Å². The largest absolute Gasteiger partial charge is 0.486 e. The highest BCUT2D eigenvalue weighted by atomic mass is 35.5. The minimum Gasteiger partial charge on any atom is -0.486 e. The first-order valence-corrected chi connectivity index (χ1v) is 10.1. The summed E-state index contributed by atoms with van der Waals surface area (Å²) in [6.45, 7) is 5.86. The number of nitrogens with one attached hydrogen (secondary N) is 1. The summed E-state index contributed by atoms with van der Waals surface area (Å²) in [4.78, 5) is 25.8. The van der Waals surface area contributed by atoms with Gasteiger partial charge in [0.15, 0.2) is 5.76 Å². The van der Waals surface area contributed by atoms with Gasteiger partial charge < -0.3 is 19.2 Å². The fourth-order valence-corrected chi connectivity index (χ4v) is 3.84. The molecule has 0 saturated carbocycles. The Morgan fingerprint density at radius 2 is 2.00 bits per heavy atom. The van der Waals surface area contributed by atoms with Crippen LogP contribution in [0.5, 0.6) is 5.75 Å². The van der Waals surface area contributed by atoms with Gasteiger partial charge in [0.25, 0.3) is 5.91 Å². The van der Waals surface area contributed by atoms with Crippen molar-refractivity contribution in [3.63, 3.8) is 0 Å². The maximum Gasteiger partial charge on any atom is 0.341 e. The molecule has 0 aliphatic rings. The quantitative estimate of drug-likeness (QED) is 0.489. The van der Waals surface area contributed by atoms with Crippen molar-refractivity contribution < 1.29 is 23.5 Å². The molecular weight excluding hydrogens is 414 g/mol. The SMILES string of the molecule is CCOC(=O)c1c(NC(=O)c2ccc(COc3cccc(Cl)c3)o2)sc(C)c1C. The van der Waals surface area contributed by atoms with E-state index in [2.05, 4.69) is 5.32 Å². The van der Waals surface area contributed by atoms with Crippen LogP contribution in [0.3, 0.4) is 0 Å². The summed E-state index contributed by atoms with van der Waals surface area (Å²) in [5.74, 6) is 0.293. The first kappa shape index (κ1) is 21.0. The Morgan fingerprint density at radius 3 is 2.72 bits per heavy atom.